The van der Waals surface area contributed by atoms with Gasteiger partial charge in [0.25, 0.3) is 11.7 Å². The number of ether oxygens (including phenoxy) is 2. The summed E-state index contributed by atoms with van der Waals surface area (Å²) in [5, 5.41) is 11.7. The van der Waals surface area contributed by atoms with Crippen LogP contribution in [0.4, 0.5) is 5.69 Å². The summed E-state index contributed by atoms with van der Waals surface area (Å²) < 4.78 is 10.9. The number of carbonyl (C=O) groups is 2. The molecule has 174 valence electrons. The van der Waals surface area contributed by atoms with E-state index in [1.165, 1.54) is 18.1 Å². The second kappa shape index (κ2) is 9.61. The molecule has 0 saturated carbocycles. The SMILES string of the molecule is CCOc1cccc(C2/C(=C(/O)c3ccc(Cl)c(OC)c3)C(=O)C(=O)N2c2cccc(C)c2)c1. The van der Waals surface area contributed by atoms with E-state index in [9.17, 15) is 14.7 Å². The van der Waals surface area contributed by atoms with E-state index in [0.717, 1.165) is 5.56 Å². The molecule has 1 heterocycles. The van der Waals surface area contributed by atoms with Gasteiger partial charge in [-0.25, -0.2) is 0 Å². The van der Waals surface area contributed by atoms with E-state index in [-0.39, 0.29) is 11.3 Å². The van der Waals surface area contributed by atoms with Crippen LogP contribution in [0, 0.1) is 6.92 Å². The van der Waals surface area contributed by atoms with E-state index < -0.39 is 17.7 Å². The highest BCUT2D eigenvalue weighted by Gasteiger charge is 2.47. The van der Waals surface area contributed by atoms with Crippen molar-refractivity contribution in [3.05, 3.63) is 94.0 Å². The van der Waals surface area contributed by atoms with Gasteiger partial charge < -0.3 is 14.6 Å². The Kier molecular flexibility index (Phi) is 6.61. The van der Waals surface area contributed by atoms with Crippen LogP contribution in [0.3, 0.4) is 0 Å². The Balaban J connectivity index is 1.95. The standard InChI is InChI=1S/C27H24ClNO5/c1-4-34-20-10-6-8-17(14-20)24-23(25(30)18-11-12-21(28)22(15-18)33-3)26(31)27(32)29(24)19-9-5-7-16(2)13-19/h5-15,24,30H,4H2,1-3H3/b25-23-. The van der Waals surface area contributed by atoms with Crippen LogP contribution >= 0.6 is 11.6 Å². The fourth-order valence-corrected chi connectivity index (χ4v) is 4.29. The zero-order chi connectivity index (χ0) is 24.4. The van der Waals surface area contributed by atoms with E-state index in [1.54, 1.807) is 42.5 Å². The first-order valence-corrected chi connectivity index (χ1v) is 11.2. The number of methoxy groups -OCH3 is 1. The van der Waals surface area contributed by atoms with E-state index in [2.05, 4.69) is 0 Å². The van der Waals surface area contributed by atoms with Crippen molar-refractivity contribution in [2.24, 2.45) is 0 Å². The zero-order valence-corrected chi connectivity index (χ0v) is 19.8. The molecule has 7 heteroatoms. The third-order valence-electron chi connectivity index (χ3n) is 5.63. The monoisotopic (exact) mass is 477 g/mol. The van der Waals surface area contributed by atoms with Crippen molar-refractivity contribution in [2.75, 3.05) is 18.6 Å². The Morgan fingerprint density at radius 1 is 1.06 bits per heavy atom. The molecule has 1 atom stereocenters. The molecule has 1 fully saturated rings. The summed E-state index contributed by atoms with van der Waals surface area (Å²) in [6.07, 6.45) is 0. The van der Waals surface area contributed by atoms with Crippen LogP contribution in [-0.2, 0) is 9.59 Å². The lowest BCUT2D eigenvalue weighted by Gasteiger charge is -2.26. The van der Waals surface area contributed by atoms with Crippen molar-refractivity contribution in [3.63, 3.8) is 0 Å². The van der Waals surface area contributed by atoms with Gasteiger partial charge in [-0.1, -0.05) is 35.9 Å². The van der Waals surface area contributed by atoms with Crippen LogP contribution in [0.5, 0.6) is 11.5 Å². The highest BCUT2D eigenvalue weighted by molar-refractivity contribution is 6.51. The molecular weight excluding hydrogens is 454 g/mol. The van der Waals surface area contributed by atoms with Crippen molar-refractivity contribution in [1.82, 2.24) is 0 Å². The zero-order valence-electron chi connectivity index (χ0n) is 19.0. The van der Waals surface area contributed by atoms with Crippen molar-refractivity contribution < 1.29 is 24.2 Å². The van der Waals surface area contributed by atoms with Crippen LogP contribution < -0.4 is 14.4 Å². The number of nitrogens with zero attached hydrogens (tertiary/aromatic N) is 1. The Hall–Kier alpha value is -3.77. The molecule has 3 aromatic rings. The van der Waals surface area contributed by atoms with Gasteiger partial charge >= 0.3 is 0 Å². The number of Topliss-reactive ketones (excluding diaryl/α,β-unsaturated/α-hetero) is 1. The molecule has 0 aliphatic carbocycles. The van der Waals surface area contributed by atoms with Crippen molar-refractivity contribution in [1.29, 1.82) is 0 Å². The quantitative estimate of drug-likeness (QED) is 0.281. The number of anilines is 1. The highest BCUT2D eigenvalue weighted by Crippen LogP contribution is 2.43. The Morgan fingerprint density at radius 2 is 1.82 bits per heavy atom. The third-order valence-corrected chi connectivity index (χ3v) is 5.95. The van der Waals surface area contributed by atoms with Crippen molar-refractivity contribution in [3.8, 4) is 11.5 Å². The van der Waals surface area contributed by atoms with Gasteiger partial charge in [0, 0.05) is 11.3 Å². The Bertz CT molecular complexity index is 1300. The maximum atomic E-state index is 13.3. The molecule has 1 aliphatic rings. The van der Waals surface area contributed by atoms with Gasteiger partial charge in [-0.2, -0.15) is 0 Å². The summed E-state index contributed by atoms with van der Waals surface area (Å²) >= 11 is 6.14. The molecule has 1 N–H and O–H groups in total. The van der Waals surface area contributed by atoms with Crippen LogP contribution in [0.2, 0.25) is 5.02 Å². The molecular formula is C27H24ClNO5. The van der Waals surface area contributed by atoms with Gasteiger partial charge in [0.2, 0.25) is 0 Å². The maximum absolute atomic E-state index is 13.3. The number of ketones is 1. The number of rotatable bonds is 6. The summed E-state index contributed by atoms with van der Waals surface area (Å²) in [4.78, 5) is 28.0. The van der Waals surface area contributed by atoms with Crippen LogP contribution in [0.15, 0.2) is 72.3 Å². The number of aliphatic hydroxyl groups is 1. The smallest absolute Gasteiger partial charge is 0.300 e. The fourth-order valence-electron chi connectivity index (χ4n) is 4.10. The average molecular weight is 478 g/mol. The van der Waals surface area contributed by atoms with Gasteiger partial charge in [-0.05, 0) is 67.4 Å². The van der Waals surface area contributed by atoms with E-state index in [0.29, 0.717) is 39.9 Å². The molecule has 4 rings (SSSR count). The summed E-state index contributed by atoms with van der Waals surface area (Å²) in [6.45, 7) is 4.25. The summed E-state index contributed by atoms with van der Waals surface area (Å²) in [5.41, 5.74) is 2.42. The predicted molar refractivity (Wildman–Crippen MR) is 132 cm³/mol. The minimum absolute atomic E-state index is 0.0236. The summed E-state index contributed by atoms with van der Waals surface area (Å²) in [5.74, 6) is -0.869. The number of amides is 1. The minimum Gasteiger partial charge on any atom is -0.507 e. The molecule has 0 bridgehead atoms. The molecule has 0 spiro atoms. The van der Waals surface area contributed by atoms with Crippen molar-refractivity contribution >= 4 is 34.7 Å². The Morgan fingerprint density at radius 3 is 2.53 bits per heavy atom. The summed E-state index contributed by atoms with van der Waals surface area (Å²) in [7, 11) is 1.46. The lowest BCUT2D eigenvalue weighted by molar-refractivity contribution is -0.132. The Labute approximate surface area is 203 Å². The number of aliphatic hydroxyl groups excluding tert-OH is 1. The lowest BCUT2D eigenvalue weighted by Crippen LogP contribution is -2.29. The molecule has 3 aromatic carbocycles. The van der Waals surface area contributed by atoms with Crippen LogP contribution in [-0.4, -0.2) is 30.5 Å². The average Bonchev–Trinajstić information content (AvgIpc) is 3.10. The number of halogens is 1. The molecule has 1 saturated heterocycles. The first kappa shape index (κ1) is 23.4. The molecule has 1 amide bonds. The fraction of sp³-hybridized carbons (Fsp3) is 0.185. The molecule has 0 radical (unpaired) electrons. The topological polar surface area (TPSA) is 76.1 Å². The first-order valence-electron chi connectivity index (χ1n) is 10.8. The minimum atomic E-state index is -0.858. The number of benzene rings is 3. The second-order valence-electron chi connectivity index (χ2n) is 7.86. The number of aryl methyl sites for hydroxylation is 1. The number of carbonyl (C=O) groups excluding carboxylic acids is 2. The van der Waals surface area contributed by atoms with Gasteiger partial charge in [-0.15, -0.1) is 0 Å². The van der Waals surface area contributed by atoms with Gasteiger partial charge in [-0.3, -0.25) is 14.5 Å². The molecule has 1 unspecified atom stereocenters. The van der Waals surface area contributed by atoms with Gasteiger partial charge in [0.15, 0.2) is 0 Å². The van der Waals surface area contributed by atoms with Crippen LogP contribution in [0.1, 0.15) is 29.7 Å². The predicted octanol–water partition coefficient (Wildman–Crippen LogP) is 5.68. The number of hydrogen-bond acceptors (Lipinski definition) is 5. The maximum Gasteiger partial charge on any atom is 0.300 e. The van der Waals surface area contributed by atoms with E-state index in [4.69, 9.17) is 21.1 Å². The van der Waals surface area contributed by atoms with E-state index >= 15 is 0 Å². The summed E-state index contributed by atoms with van der Waals surface area (Å²) in [6, 6.07) is 18.3. The van der Waals surface area contributed by atoms with Gasteiger partial charge in [0.05, 0.1) is 30.4 Å². The normalized spacial score (nSPS) is 17.2. The lowest BCUT2D eigenvalue weighted by atomic mass is 9.95. The third kappa shape index (κ3) is 4.24. The van der Waals surface area contributed by atoms with E-state index in [1.807, 2.05) is 32.0 Å². The largest absolute Gasteiger partial charge is 0.507 e. The molecule has 6 nitrogen and oxygen atoms in total. The first-order chi connectivity index (χ1) is 16.3. The second-order valence-corrected chi connectivity index (χ2v) is 8.27. The van der Waals surface area contributed by atoms with Gasteiger partial charge in [0.1, 0.15) is 17.3 Å². The van der Waals surface area contributed by atoms with Crippen LogP contribution in [0.25, 0.3) is 5.76 Å². The molecule has 1 aliphatic heterocycles. The molecule has 34 heavy (non-hydrogen) atoms. The highest BCUT2D eigenvalue weighted by atomic mass is 35.5. The number of hydrogen-bond donors (Lipinski definition) is 1. The van der Waals surface area contributed by atoms with Crippen molar-refractivity contribution in [2.45, 2.75) is 19.9 Å². The molecule has 0 aromatic heterocycles.